The van der Waals surface area contributed by atoms with Gasteiger partial charge in [-0.15, -0.1) is 0 Å². The van der Waals surface area contributed by atoms with Gasteiger partial charge in [0, 0.05) is 6.54 Å². The van der Waals surface area contributed by atoms with Crippen LogP contribution in [-0.2, 0) is 0 Å². The van der Waals surface area contributed by atoms with Crippen molar-refractivity contribution in [2.75, 3.05) is 20.6 Å². The molecule has 2 nitrogen and oxygen atoms in total. The number of nitrogens with zero attached hydrogens (tertiary/aromatic N) is 2. The molecular weight excluding hydrogens is 276 g/mol. The van der Waals surface area contributed by atoms with Crippen LogP contribution in [0.5, 0.6) is 0 Å². The third-order valence-corrected chi connectivity index (χ3v) is 3.63. The Morgan fingerprint density at radius 2 is 2.24 bits per heavy atom. The summed E-state index contributed by atoms with van der Waals surface area (Å²) in [6.45, 7) is 1.19. The quantitative estimate of drug-likeness (QED) is 0.792. The van der Waals surface area contributed by atoms with Gasteiger partial charge in [0.2, 0.25) is 0 Å². The molecule has 1 atom stereocenters. The first kappa shape index (κ1) is 12.8. The highest BCUT2D eigenvalue weighted by Crippen LogP contribution is 2.29. The Labute approximate surface area is 112 Å². The molecule has 0 aromatic carbocycles. The van der Waals surface area contributed by atoms with E-state index in [2.05, 4.69) is 58.1 Å². The highest BCUT2D eigenvalue weighted by molar-refractivity contribution is 9.10. The zero-order valence-electron chi connectivity index (χ0n) is 10.5. The molecule has 0 saturated carbocycles. The van der Waals surface area contributed by atoms with Crippen LogP contribution in [0.3, 0.4) is 0 Å². The Balaban J connectivity index is 2.03. The minimum absolute atomic E-state index is 0.806. The molecule has 1 unspecified atom stereocenters. The lowest BCUT2D eigenvalue weighted by molar-refractivity contribution is 0.311. The number of pyridine rings is 1. The predicted octanol–water partition coefficient (Wildman–Crippen LogP) is 3.59. The number of allylic oxidation sites excluding steroid dienone is 2. The van der Waals surface area contributed by atoms with Crippen LogP contribution in [-0.4, -0.2) is 30.5 Å². The lowest BCUT2D eigenvalue weighted by atomic mass is 9.88. The van der Waals surface area contributed by atoms with E-state index >= 15 is 0 Å². The van der Waals surface area contributed by atoms with E-state index in [-0.39, 0.29) is 0 Å². The SMILES string of the molecule is CN(C)CC1CC=C(c2cccc(Br)n2)CC1. The van der Waals surface area contributed by atoms with E-state index in [0.29, 0.717) is 0 Å². The van der Waals surface area contributed by atoms with E-state index < -0.39 is 0 Å². The molecule has 0 N–H and O–H groups in total. The Morgan fingerprint density at radius 3 is 2.82 bits per heavy atom. The Kier molecular flexibility index (Phi) is 4.35. The second-order valence-electron chi connectivity index (χ2n) is 4.98. The molecule has 0 amide bonds. The third kappa shape index (κ3) is 3.65. The van der Waals surface area contributed by atoms with E-state index in [9.17, 15) is 0 Å². The first-order chi connectivity index (χ1) is 8.15. The monoisotopic (exact) mass is 294 g/mol. The Morgan fingerprint density at radius 1 is 1.41 bits per heavy atom. The summed E-state index contributed by atoms with van der Waals surface area (Å²) in [6, 6.07) is 6.13. The second-order valence-corrected chi connectivity index (χ2v) is 5.79. The smallest absolute Gasteiger partial charge is 0.106 e. The fourth-order valence-corrected chi connectivity index (χ4v) is 2.73. The molecule has 0 saturated heterocycles. The molecule has 0 bridgehead atoms. The van der Waals surface area contributed by atoms with Crippen molar-refractivity contribution in [2.45, 2.75) is 19.3 Å². The van der Waals surface area contributed by atoms with Crippen LogP contribution in [0.4, 0.5) is 0 Å². The van der Waals surface area contributed by atoms with E-state index in [1.165, 1.54) is 25.0 Å². The summed E-state index contributed by atoms with van der Waals surface area (Å²) in [5, 5.41) is 0. The summed E-state index contributed by atoms with van der Waals surface area (Å²) in [6.07, 6.45) is 5.98. The molecule has 1 aromatic rings. The van der Waals surface area contributed by atoms with Gasteiger partial charge in [0.15, 0.2) is 0 Å². The average Bonchev–Trinajstić information content (AvgIpc) is 2.29. The van der Waals surface area contributed by atoms with Gasteiger partial charge in [-0.3, -0.25) is 0 Å². The summed E-state index contributed by atoms with van der Waals surface area (Å²) < 4.78 is 0.923. The van der Waals surface area contributed by atoms with Crippen LogP contribution in [0.25, 0.3) is 5.57 Å². The van der Waals surface area contributed by atoms with Crippen molar-refractivity contribution in [3.8, 4) is 0 Å². The van der Waals surface area contributed by atoms with Crippen molar-refractivity contribution in [1.29, 1.82) is 0 Å². The van der Waals surface area contributed by atoms with Gasteiger partial charge in [-0.05, 0) is 72.9 Å². The molecule has 17 heavy (non-hydrogen) atoms. The van der Waals surface area contributed by atoms with Crippen molar-refractivity contribution >= 4 is 21.5 Å². The highest BCUT2D eigenvalue weighted by Gasteiger charge is 2.16. The molecule has 3 heteroatoms. The first-order valence-electron chi connectivity index (χ1n) is 6.12. The minimum atomic E-state index is 0.806. The van der Waals surface area contributed by atoms with Crippen molar-refractivity contribution in [3.05, 3.63) is 34.6 Å². The summed E-state index contributed by atoms with van der Waals surface area (Å²) in [5.41, 5.74) is 2.53. The molecule has 0 spiro atoms. The fraction of sp³-hybridized carbons (Fsp3) is 0.500. The van der Waals surface area contributed by atoms with Gasteiger partial charge in [0.1, 0.15) is 4.60 Å². The zero-order chi connectivity index (χ0) is 12.3. The van der Waals surface area contributed by atoms with Gasteiger partial charge in [-0.1, -0.05) is 12.1 Å². The second kappa shape index (κ2) is 5.78. The maximum Gasteiger partial charge on any atom is 0.106 e. The van der Waals surface area contributed by atoms with Crippen molar-refractivity contribution < 1.29 is 0 Å². The first-order valence-corrected chi connectivity index (χ1v) is 6.91. The molecule has 0 fully saturated rings. The Bertz CT molecular complexity index is 412. The lowest BCUT2D eigenvalue weighted by Crippen LogP contribution is -2.22. The lowest BCUT2D eigenvalue weighted by Gasteiger charge is -2.24. The molecule has 0 aliphatic heterocycles. The molecule has 1 aliphatic carbocycles. The standard InChI is InChI=1S/C14H19BrN2/c1-17(2)10-11-6-8-12(9-7-11)13-4-3-5-14(15)16-13/h3-5,8,11H,6-7,9-10H2,1-2H3. The molecular formula is C14H19BrN2. The number of rotatable bonds is 3. The molecule has 2 rings (SSSR count). The average molecular weight is 295 g/mol. The summed E-state index contributed by atoms with van der Waals surface area (Å²) in [5.74, 6) is 0.806. The summed E-state index contributed by atoms with van der Waals surface area (Å²) >= 11 is 3.43. The molecule has 1 aromatic heterocycles. The molecule has 1 aliphatic rings. The van der Waals surface area contributed by atoms with E-state index in [0.717, 1.165) is 22.6 Å². The van der Waals surface area contributed by atoms with Gasteiger partial charge in [-0.25, -0.2) is 4.98 Å². The summed E-state index contributed by atoms with van der Waals surface area (Å²) in [4.78, 5) is 6.80. The number of hydrogen-bond donors (Lipinski definition) is 0. The van der Waals surface area contributed by atoms with Gasteiger partial charge in [0.05, 0.1) is 5.69 Å². The van der Waals surface area contributed by atoms with Gasteiger partial charge >= 0.3 is 0 Å². The minimum Gasteiger partial charge on any atom is -0.309 e. The van der Waals surface area contributed by atoms with Gasteiger partial charge in [0.25, 0.3) is 0 Å². The van der Waals surface area contributed by atoms with Crippen LogP contribution >= 0.6 is 15.9 Å². The maximum atomic E-state index is 4.52. The zero-order valence-corrected chi connectivity index (χ0v) is 12.1. The van der Waals surface area contributed by atoms with Crippen LogP contribution in [0.15, 0.2) is 28.9 Å². The van der Waals surface area contributed by atoms with E-state index in [1.807, 2.05) is 6.07 Å². The molecule has 92 valence electrons. The van der Waals surface area contributed by atoms with Crippen LogP contribution in [0.2, 0.25) is 0 Å². The van der Waals surface area contributed by atoms with Crippen molar-refractivity contribution in [3.63, 3.8) is 0 Å². The fourth-order valence-electron chi connectivity index (χ4n) is 2.39. The van der Waals surface area contributed by atoms with Crippen molar-refractivity contribution in [1.82, 2.24) is 9.88 Å². The topological polar surface area (TPSA) is 16.1 Å². The number of halogens is 1. The van der Waals surface area contributed by atoms with Gasteiger partial charge < -0.3 is 4.90 Å². The number of aromatic nitrogens is 1. The third-order valence-electron chi connectivity index (χ3n) is 3.19. The molecule has 1 heterocycles. The van der Waals surface area contributed by atoms with Crippen LogP contribution in [0, 0.1) is 5.92 Å². The number of hydrogen-bond acceptors (Lipinski definition) is 2. The van der Waals surface area contributed by atoms with Crippen LogP contribution < -0.4 is 0 Å². The maximum absolute atomic E-state index is 4.52. The van der Waals surface area contributed by atoms with Gasteiger partial charge in [-0.2, -0.15) is 0 Å². The highest BCUT2D eigenvalue weighted by atomic mass is 79.9. The van der Waals surface area contributed by atoms with E-state index in [4.69, 9.17) is 0 Å². The normalized spacial score (nSPS) is 20.5. The predicted molar refractivity (Wildman–Crippen MR) is 75.8 cm³/mol. The van der Waals surface area contributed by atoms with Crippen molar-refractivity contribution in [2.24, 2.45) is 5.92 Å². The van der Waals surface area contributed by atoms with Crippen LogP contribution in [0.1, 0.15) is 25.0 Å². The summed E-state index contributed by atoms with van der Waals surface area (Å²) in [7, 11) is 4.30. The molecule has 0 radical (unpaired) electrons. The Hall–Kier alpha value is -0.670. The largest absolute Gasteiger partial charge is 0.309 e. The van der Waals surface area contributed by atoms with E-state index in [1.54, 1.807) is 0 Å².